The van der Waals surface area contributed by atoms with Gasteiger partial charge in [-0.15, -0.1) is 0 Å². The molecule has 0 aromatic heterocycles. The summed E-state index contributed by atoms with van der Waals surface area (Å²) in [5.74, 6) is 0.808. The van der Waals surface area contributed by atoms with E-state index in [4.69, 9.17) is 9.16 Å². The van der Waals surface area contributed by atoms with Gasteiger partial charge in [-0.25, -0.2) is 4.79 Å². The topological polar surface area (TPSA) is 35.5 Å². The molecule has 1 aliphatic rings. The van der Waals surface area contributed by atoms with Crippen LogP contribution in [0.15, 0.2) is 12.2 Å². The Labute approximate surface area is 124 Å². The van der Waals surface area contributed by atoms with Gasteiger partial charge in [-0.1, -0.05) is 26.8 Å². The Morgan fingerprint density at radius 2 is 1.95 bits per heavy atom. The van der Waals surface area contributed by atoms with Crippen LogP contribution >= 0.6 is 0 Å². The summed E-state index contributed by atoms with van der Waals surface area (Å²) in [4.78, 5) is 11.3. The maximum Gasteiger partial charge on any atom is 0.330 e. The molecule has 1 saturated carbocycles. The van der Waals surface area contributed by atoms with E-state index in [1.165, 1.54) is 6.42 Å². The summed E-state index contributed by atoms with van der Waals surface area (Å²) in [5.41, 5.74) is 0. The molecule has 0 heterocycles. The second-order valence-corrected chi connectivity index (χ2v) is 12.0. The van der Waals surface area contributed by atoms with Crippen molar-refractivity contribution >= 4 is 14.3 Å². The summed E-state index contributed by atoms with van der Waals surface area (Å²) in [7, 11) is -1.65. The van der Waals surface area contributed by atoms with Crippen molar-refractivity contribution in [2.24, 2.45) is 11.8 Å². The normalized spacial score (nSPS) is 23.7. The highest BCUT2D eigenvalue weighted by molar-refractivity contribution is 6.74. The third kappa shape index (κ3) is 4.74. The SMILES string of the molecule is CCOC(=O)C=C[C@H]1CC[C@H]1CO[Si](C)(C)C(C)(C)C. The molecule has 0 N–H and O–H groups in total. The van der Waals surface area contributed by atoms with Gasteiger partial charge in [0.2, 0.25) is 0 Å². The predicted octanol–water partition coefficient (Wildman–Crippen LogP) is 4.15. The van der Waals surface area contributed by atoms with E-state index in [1.54, 1.807) is 6.08 Å². The van der Waals surface area contributed by atoms with E-state index in [2.05, 4.69) is 33.9 Å². The predicted molar refractivity (Wildman–Crippen MR) is 85.1 cm³/mol. The molecular weight excluding hydrogens is 268 g/mol. The van der Waals surface area contributed by atoms with Gasteiger partial charge in [-0.2, -0.15) is 0 Å². The first-order chi connectivity index (χ1) is 9.17. The van der Waals surface area contributed by atoms with Crippen LogP contribution in [0.1, 0.15) is 40.5 Å². The number of rotatable bonds is 6. The molecule has 0 saturated heterocycles. The first-order valence-electron chi connectivity index (χ1n) is 7.66. The van der Waals surface area contributed by atoms with Gasteiger partial charge in [-0.3, -0.25) is 0 Å². The second-order valence-electron chi connectivity index (χ2n) is 7.18. The second kappa shape index (κ2) is 6.90. The van der Waals surface area contributed by atoms with Crippen LogP contribution in [0.5, 0.6) is 0 Å². The largest absolute Gasteiger partial charge is 0.463 e. The zero-order chi connectivity index (χ0) is 15.4. The van der Waals surface area contributed by atoms with Crippen LogP contribution in [0.4, 0.5) is 0 Å². The van der Waals surface area contributed by atoms with Gasteiger partial charge in [-0.05, 0) is 49.7 Å². The fourth-order valence-electron chi connectivity index (χ4n) is 1.98. The highest BCUT2D eigenvalue weighted by Gasteiger charge is 2.39. The molecule has 1 fully saturated rings. The average Bonchev–Trinajstić information content (AvgIpc) is 2.26. The lowest BCUT2D eigenvalue weighted by molar-refractivity contribution is -0.137. The summed E-state index contributed by atoms with van der Waals surface area (Å²) in [5, 5.41) is 0.257. The number of ether oxygens (including phenoxy) is 1. The molecule has 1 rings (SSSR count). The molecule has 116 valence electrons. The van der Waals surface area contributed by atoms with Crippen molar-refractivity contribution in [3.8, 4) is 0 Å². The van der Waals surface area contributed by atoms with E-state index >= 15 is 0 Å². The van der Waals surface area contributed by atoms with Crippen LogP contribution in [0.2, 0.25) is 18.1 Å². The number of carbonyl (C=O) groups excluding carboxylic acids is 1. The third-order valence-electron chi connectivity index (χ3n) is 4.71. The van der Waals surface area contributed by atoms with Crippen molar-refractivity contribution in [3.05, 3.63) is 12.2 Å². The molecule has 2 atom stereocenters. The van der Waals surface area contributed by atoms with Crippen molar-refractivity contribution < 1.29 is 14.0 Å². The van der Waals surface area contributed by atoms with Crippen molar-refractivity contribution in [1.82, 2.24) is 0 Å². The quantitative estimate of drug-likeness (QED) is 0.420. The van der Waals surface area contributed by atoms with Crippen LogP contribution in [-0.2, 0) is 14.0 Å². The van der Waals surface area contributed by atoms with Gasteiger partial charge >= 0.3 is 5.97 Å². The third-order valence-corrected chi connectivity index (χ3v) is 9.21. The Kier molecular flexibility index (Phi) is 6.01. The lowest BCUT2D eigenvalue weighted by Crippen LogP contribution is -2.43. The molecule has 3 nitrogen and oxygen atoms in total. The van der Waals surface area contributed by atoms with Gasteiger partial charge in [0.1, 0.15) is 0 Å². The van der Waals surface area contributed by atoms with E-state index in [0.717, 1.165) is 13.0 Å². The van der Waals surface area contributed by atoms with Gasteiger partial charge < -0.3 is 9.16 Å². The maximum atomic E-state index is 11.3. The minimum absolute atomic E-state index is 0.233. The summed E-state index contributed by atoms with van der Waals surface area (Å²) >= 11 is 0. The zero-order valence-corrected chi connectivity index (χ0v) is 14.9. The van der Waals surface area contributed by atoms with Crippen LogP contribution in [0.25, 0.3) is 0 Å². The Morgan fingerprint density at radius 1 is 1.30 bits per heavy atom. The number of esters is 1. The van der Waals surface area contributed by atoms with E-state index in [1.807, 2.05) is 13.0 Å². The number of hydrogen-bond donors (Lipinski definition) is 0. The van der Waals surface area contributed by atoms with Gasteiger partial charge in [0.15, 0.2) is 8.32 Å². The van der Waals surface area contributed by atoms with Crippen molar-refractivity contribution in [1.29, 1.82) is 0 Å². The van der Waals surface area contributed by atoms with Crippen molar-refractivity contribution in [2.75, 3.05) is 13.2 Å². The number of carbonyl (C=O) groups is 1. The minimum Gasteiger partial charge on any atom is -0.463 e. The lowest BCUT2D eigenvalue weighted by atomic mass is 9.74. The molecule has 1 aliphatic carbocycles. The molecule has 0 aromatic rings. The van der Waals surface area contributed by atoms with Crippen molar-refractivity contribution in [2.45, 2.75) is 58.7 Å². The van der Waals surface area contributed by atoms with Crippen molar-refractivity contribution in [3.63, 3.8) is 0 Å². The van der Waals surface area contributed by atoms with Gasteiger partial charge in [0.05, 0.1) is 6.61 Å². The molecule has 0 amide bonds. The Bertz CT molecular complexity index is 355. The van der Waals surface area contributed by atoms with E-state index in [0.29, 0.717) is 18.4 Å². The molecule has 0 radical (unpaired) electrons. The monoisotopic (exact) mass is 298 g/mol. The smallest absolute Gasteiger partial charge is 0.330 e. The summed E-state index contributed by atoms with van der Waals surface area (Å²) < 4.78 is 11.2. The fourth-order valence-corrected chi connectivity index (χ4v) is 3.04. The summed E-state index contributed by atoms with van der Waals surface area (Å²) in [6, 6.07) is 0. The molecule has 4 heteroatoms. The fraction of sp³-hybridized carbons (Fsp3) is 0.812. The first kappa shape index (κ1) is 17.4. The van der Waals surface area contributed by atoms with E-state index < -0.39 is 8.32 Å². The van der Waals surface area contributed by atoms with E-state index in [9.17, 15) is 4.79 Å². The Morgan fingerprint density at radius 3 is 2.40 bits per heavy atom. The van der Waals surface area contributed by atoms with Crippen LogP contribution in [0.3, 0.4) is 0 Å². The molecule has 0 bridgehead atoms. The Hall–Kier alpha value is -0.613. The highest BCUT2D eigenvalue weighted by Crippen LogP contribution is 2.40. The summed E-state index contributed by atoms with van der Waals surface area (Å²) in [6.07, 6.45) is 5.93. The molecule has 0 aromatic carbocycles. The molecular formula is C16H30O3Si. The molecule has 0 aliphatic heterocycles. The Balaban J connectivity index is 2.41. The first-order valence-corrected chi connectivity index (χ1v) is 10.6. The van der Waals surface area contributed by atoms with Crippen LogP contribution in [0, 0.1) is 11.8 Å². The minimum atomic E-state index is -1.65. The number of hydrogen-bond acceptors (Lipinski definition) is 3. The lowest BCUT2D eigenvalue weighted by Gasteiger charge is -2.41. The molecule has 0 unspecified atom stereocenters. The number of allylic oxidation sites excluding steroid dienone is 1. The van der Waals surface area contributed by atoms with Gasteiger partial charge in [0, 0.05) is 12.7 Å². The highest BCUT2D eigenvalue weighted by atomic mass is 28.4. The zero-order valence-electron chi connectivity index (χ0n) is 13.9. The van der Waals surface area contributed by atoms with E-state index in [-0.39, 0.29) is 11.0 Å². The molecule has 20 heavy (non-hydrogen) atoms. The summed E-state index contributed by atoms with van der Waals surface area (Å²) in [6.45, 7) is 14.4. The van der Waals surface area contributed by atoms with Gasteiger partial charge in [0.25, 0.3) is 0 Å². The maximum absolute atomic E-state index is 11.3. The van der Waals surface area contributed by atoms with Crippen LogP contribution < -0.4 is 0 Å². The molecule has 0 spiro atoms. The van der Waals surface area contributed by atoms with Crippen LogP contribution in [-0.4, -0.2) is 27.5 Å². The average molecular weight is 298 g/mol. The standard InChI is InChI=1S/C16H30O3Si/c1-7-18-15(17)11-10-13-8-9-14(13)12-19-20(5,6)16(2,3)4/h10-11,13-14H,7-9,12H2,1-6H3/t13-,14+/m1/s1.